The monoisotopic (exact) mass is 289 g/mol. The number of rotatable bonds is 4. The van der Waals surface area contributed by atoms with E-state index in [1.54, 1.807) is 4.90 Å². The lowest BCUT2D eigenvalue weighted by atomic mass is 10.1. The predicted molar refractivity (Wildman–Crippen MR) is 78.6 cm³/mol. The molecule has 0 saturated carbocycles. The van der Waals surface area contributed by atoms with Crippen molar-refractivity contribution in [3.63, 3.8) is 0 Å². The lowest BCUT2D eigenvalue weighted by molar-refractivity contribution is 0.0746. The third kappa shape index (κ3) is 3.33. The van der Waals surface area contributed by atoms with Crippen LogP contribution in [0.5, 0.6) is 0 Å². The first-order valence-electron chi connectivity index (χ1n) is 6.43. The molecule has 0 aliphatic heterocycles. The molecule has 0 N–H and O–H groups in total. The summed E-state index contributed by atoms with van der Waals surface area (Å²) >= 11 is 5.68. The van der Waals surface area contributed by atoms with Gasteiger partial charge < -0.3 is 4.90 Å². The average Bonchev–Trinajstić information content (AvgIpc) is 2.46. The summed E-state index contributed by atoms with van der Waals surface area (Å²) in [5.74, 6) is -0.139. The van der Waals surface area contributed by atoms with Gasteiger partial charge in [-0.15, -0.1) is 0 Å². The highest BCUT2D eigenvalue weighted by atomic mass is 35.5. The van der Waals surface area contributed by atoms with Gasteiger partial charge in [0.05, 0.1) is 12.4 Å². The van der Waals surface area contributed by atoms with Crippen LogP contribution in [-0.2, 0) is 6.54 Å². The molecule has 0 saturated heterocycles. The Labute approximate surface area is 123 Å². The first-order chi connectivity index (χ1) is 9.61. The van der Waals surface area contributed by atoms with Crippen molar-refractivity contribution in [2.45, 2.75) is 20.4 Å². The second-order valence-electron chi connectivity index (χ2n) is 4.47. The molecule has 0 aliphatic rings. The van der Waals surface area contributed by atoms with Crippen molar-refractivity contribution >= 4 is 17.5 Å². The van der Waals surface area contributed by atoms with Crippen LogP contribution in [0.15, 0.2) is 36.7 Å². The summed E-state index contributed by atoms with van der Waals surface area (Å²) < 4.78 is 0. The molecule has 0 spiro atoms. The maximum Gasteiger partial charge on any atom is 0.274 e. The van der Waals surface area contributed by atoms with Crippen molar-refractivity contribution in [2.75, 3.05) is 6.54 Å². The van der Waals surface area contributed by atoms with Crippen LogP contribution in [0.2, 0.25) is 5.15 Å². The number of aromatic nitrogens is 2. The van der Waals surface area contributed by atoms with Crippen molar-refractivity contribution in [3.05, 3.63) is 58.6 Å². The van der Waals surface area contributed by atoms with Gasteiger partial charge in [0.2, 0.25) is 0 Å². The number of carbonyl (C=O) groups is 1. The Morgan fingerprint density at radius 3 is 2.60 bits per heavy atom. The van der Waals surface area contributed by atoms with Crippen LogP contribution in [0.1, 0.15) is 28.5 Å². The fraction of sp³-hybridized carbons (Fsp3) is 0.267. The van der Waals surface area contributed by atoms with Crippen LogP contribution in [-0.4, -0.2) is 27.3 Å². The van der Waals surface area contributed by atoms with Gasteiger partial charge in [0.15, 0.2) is 0 Å². The normalized spacial score (nSPS) is 10.3. The molecule has 1 amide bonds. The van der Waals surface area contributed by atoms with Crippen LogP contribution >= 0.6 is 11.6 Å². The van der Waals surface area contributed by atoms with Gasteiger partial charge in [-0.25, -0.2) is 9.97 Å². The minimum absolute atomic E-state index is 0.139. The third-order valence-corrected chi connectivity index (χ3v) is 3.33. The second kappa shape index (κ2) is 6.48. The molecule has 0 atom stereocenters. The lowest BCUT2D eigenvalue weighted by Gasteiger charge is -2.21. The highest BCUT2D eigenvalue weighted by Crippen LogP contribution is 2.12. The van der Waals surface area contributed by atoms with E-state index in [1.807, 2.05) is 38.1 Å². The molecule has 0 bridgehead atoms. The zero-order valence-corrected chi connectivity index (χ0v) is 12.3. The maximum absolute atomic E-state index is 12.4. The van der Waals surface area contributed by atoms with Crippen molar-refractivity contribution in [1.29, 1.82) is 0 Å². The van der Waals surface area contributed by atoms with Crippen LogP contribution in [0.3, 0.4) is 0 Å². The van der Waals surface area contributed by atoms with E-state index in [2.05, 4.69) is 9.97 Å². The number of amides is 1. The van der Waals surface area contributed by atoms with E-state index in [0.717, 1.165) is 5.56 Å². The Kier molecular flexibility index (Phi) is 4.69. The third-order valence-electron chi connectivity index (χ3n) is 3.13. The van der Waals surface area contributed by atoms with Crippen molar-refractivity contribution < 1.29 is 4.79 Å². The summed E-state index contributed by atoms with van der Waals surface area (Å²) in [4.78, 5) is 22.0. The molecule has 0 aliphatic carbocycles. The summed E-state index contributed by atoms with van der Waals surface area (Å²) in [6, 6.07) is 8.03. The minimum Gasteiger partial charge on any atom is -0.333 e. The standard InChI is InChI=1S/C15H16ClN3O/c1-3-19(10-12-7-5-4-6-11(12)2)15(20)13-8-18-14(16)9-17-13/h4-9H,3,10H2,1-2H3. The number of benzene rings is 1. The Morgan fingerprint density at radius 1 is 1.25 bits per heavy atom. The van der Waals surface area contributed by atoms with Gasteiger partial charge in [0.1, 0.15) is 10.8 Å². The zero-order valence-electron chi connectivity index (χ0n) is 11.5. The Hall–Kier alpha value is -1.94. The van der Waals surface area contributed by atoms with Crippen molar-refractivity contribution in [3.8, 4) is 0 Å². The van der Waals surface area contributed by atoms with E-state index >= 15 is 0 Å². The van der Waals surface area contributed by atoms with Gasteiger partial charge in [-0.2, -0.15) is 0 Å². The van der Waals surface area contributed by atoms with Gasteiger partial charge in [-0.1, -0.05) is 35.9 Å². The molecule has 20 heavy (non-hydrogen) atoms. The predicted octanol–water partition coefficient (Wildman–Crippen LogP) is 3.10. The highest BCUT2D eigenvalue weighted by molar-refractivity contribution is 6.29. The number of hydrogen-bond acceptors (Lipinski definition) is 3. The molecule has 1 heterocycles. The number of aryl methyl sites for hydroxylation is 1. The lowest BCUT2D eigenvalue weighted by Crippen LogP contribution is -2.31. The van der Waals surface area contributed by atoms with Crippen molar-refractivity contribution in [1.82, 2.24) is 14.9 Å². The van der Waals surface area contributed by atoms with E-state index in [1.165, 1.54) is 18.0 Å². The van der Waals surface area contributed by atoms with E-state index < -0.39 is 0 Å². The molecule has 1 aromatic carbocycles. The molecule has 4 nitrogen and oxygen atoms in total. The number of carbonyl (C=O) groups excluding carboxylic acids is 1. The Morgan fingerprint density at radius 2 is 2.00 bits per heavy atom. The van der Waals surface area contributed by atoms with Crippen LogP contribution in [0, 0.1) is 6.92 Å². The van der Waals surface area contributed by atoms with Crippen LogP contribution in [0.4, 0.5) is 0 Å². The minimum atomic E-state index is -0.139. The first kappa shape index (κ1) is 14.5. The van der Waals surface area contributed by atoms with Gasteiger partial charge in [-0.05, 0) is 25.0 Å². The molecule has 0 radical (unpaired) electrons. The van der Waals surface area contributed by atoms with Crippen LogP contribution in [0.25, 0.3) is 0 Å². The van der Waals surface area contributed by atoms with E-state index in [9.17, 15) is 4.79 Å². The fourth-order valence-corrected chi connectivity index (χ4v) is 2.00. The van der Waals surface area contributed by atoms with E-state index in [-0.39, 0.29) is 11.1 Å². The molecule has 2 aromatic rings. The molecule has 104 valence electrons. The summed E-state index contributed by atoms with van der Waals surface area (Å²) in [6.07, 6.45) is 2.79. The molecule has 2 rings (SSSR count). The van der Waals surface area contributed by atoms with E-state index in [0.29, 0.717) is 18.8 Å². The SMILES string of the molecule is CCN(Cc1ccccc1C)C(=O)c1cnc(Cl)cn1. The van der Waals surface area contributed by atoms with Crippen molar-refractivity contribution in [2.24, 2.45) is 0 Å². The number of nitrogens with zero attached hydrogens (tertiary/aromatic N) is 3. The fourth-order valence-electron chi connectivity index (χ4n) is 1.91. The summed E-state index contributed by atoms with van der Waals surface area (Å²) in [5, 5.41) is 0.281. The molecule has 5 heteroatoms. The molecule has 0 unspecified atom stereocenters. The zero-order chi connectivity index (χ0) is 14.5. The molecule has 1 aromatic heterocycles. The largest absolute Gasteiger partial charge is 0.333 e. The van der Waals surface area contributed by atoms with Gasteiger partial charge >= 0.3 is 0 Å². The topological polar surface area (TPSA) is 46.1 Å². The summed E-state index contributed by atoms with van der Waals surface area (Å²) in [5.41, 5.74) is 2.61. The average molecular weight is 290 g/mol. The van der Waals surface area contributed by atoms with Gasteiger partial charge in [0.25, 0.3) is 5.91 Å². The smallest absolute Gasteiger partial charge is 0.274 e. The quantitative estimate of drug-likeness (QED) is 0.869. The van der Waals surface area contributed by atoms with E-state index in [4.69, 9.17) is 11.6 Å². The first-order valence-corrected chi connectivity index (χ1v) is 6.81. The number of halogens is 1. The highest BCUT2D eigenvalue weighted by Gasteiger charge is 2.16. The molecular formula is C15H16ClN3O. The molecular weight excluding hydrogens is 274 g/mol. The second-order valence-corrected chi connectivity index (χ2v) is 4.86. The summed E-state index contributed by atoms with van der Waals surface area (Å²) in [6.45, 7) is 5.15. The number of hydrogen-bond donors (Lipinski definition) is 0. The van der Waals surface area contributed by atoms with Crippen LogP contribution < -0.4 is 0 Å². The summed E-state index contributed by atoms with van der Waals surface area (Å²) in [7, 11) is 0. The molecule has 0 fully saturated rings. The maximum atomic E-state index is 12.4. The Bertz CT molecular complexity index is 598. The Balaban J connectivity index is 2.18. The van der Waals surface area contributed by atoms with Gasteiger partial charge in [-0.3, -0.25) is 4.79 Å². The van der Waals surface area contributed by atoms with Gasteiger partial charge in [0, 0.05) is 13.1 Å².